The number of sulfonamides is 1. The number of piperazine rings is 1. The second-order valence-corrected chi connectivity index (χ2v) is 8.29. The molecule has 2 aromatic carbocycles. The summed E-state index contributed by atoms with van der Waals surface area (Å²) in [5.41, 5.74) is -1.11. The molecule has 1 aliphatic heterocycles. The summed E-state index contributed by atoms with van der Waals surface area (Å²) in [5.74, 6) is -3.13. The van der Waals surface area contributed by atoms with Crippen LogP contribution in [0.25, 0.3) is 0 Å². The Balaban J connectivity index is 1.72. The van der Waals surface area contributed by atoms with Crippen molar-refractivity contribution < 1.29 is 35.2 Å². The van der Waals surface area contributed by atoms with Crippen molar-refractivity contribution in [1.29, 1.82) is 0 Å². The van der Waals surface area contributed by atoms with Gasteiger partial charge in [-0.3, -0.25) is 4.79 Å². The highest BCUT2D eigenvalue weighted by molar-refractivity contribution is 7.89. The van der Waals surface area contributed by atoms with E-state index in [1.165, 1.54) is 11.0 Å². The van der Waals surface area contributed by atoms with E-state index in [1.807, 2.05) is 0 Å². The van der Waals surface area contributed by atoms with Gasteiger partial charge in [0.15, 0.2) is 11.6 Å². The molecule has 2 aromatic rings. The third-order valence-electron chi connectivity index (χ3n) is 4.49. The number of hydrogen-bond donors (Lipinski definition) is 0. The normalized spacial score (nSPS) is 16.1. The lowest BCUT2D eigenvalue weighted by atomic mass is 10.1. The standard InChI is InChI=1S/C18H15F5N2O3S/c19-15-5-4-14(11-16(15)20)29(27,28)25-8-6-24(7-9-25)17(26)12-2-1-3-13(10-12)18(21,22)23/h1-5,10-11H,6-9H2. The molecule has 156 valence electrons. The highest BCUT2D eigenvalue weighted by Gasteiger charge is 2.33. The fourth-order valence-electron chi connectivity index (χ4n) is 2.93. The number of carbonyl (C=O) groups is 1. The van der Waals surface area contributed by atoms with Crippen LogP contribution in [0.2, 0.25) is 0 Å². The van der Waals surface area contributed by atoms with E-state index in [0.29, 0.717) is 12.1 Å². The van der Waals surface area contributed by atoms with E-state index in [2.05, 4.69) is 0 Å². The van der Waals surface area contributed by atoms with Crippen LogP contribution in [0.3, 0.4) is 0 Å². The number of benzene rings is 2. The summed E-state index contributed by atoms with van der Waals surface area (Å²) in [6.07, 6.45) is -4.59. The van der Waals surface area contributed by atoms with Gasteiger partial charge in [0.1, 0.15) is 0 Å². The van der Waals surface area contributed by atoms with Crippen molar-refractivity contribution in [1.82, 2.24) is 9.21 Å². The first-order chi connectivity index (χ1) is 13.5. The third kappa shape index (κ3) is 4.40. The van der Waals surface area contributed by atoms with Gasteiger partial charge in [-0.2, -0.15) is 17.5 Å². The van der Waals surface area contributed by atoms with Gasteiger partial charge in [-0.15, -0.1) is 0 Å². The van der Waals surface area contributed by atoms with Crippen molar-refractivity contribution in [3.63, 3.8) is 0 Å². The Morgan fingerprint density at radius 2 is 1.55 bits per heavy atom. The molecule has 0 N–H and O–H groups in total. The topological polar surface area (TPSA) is 57.7 Å². The molecule has 1 aliphatic rings. The molecule has 3 rings (SSSR count). The summed E-state index contributed by atoms with van der Waals surface area (Å²) in [4.78, 5) is 13.3. The maximum Gasteiger partial charge on any atom is 0.416 e. The molecule has 1 amide bonds. The van der Waals surface area contributed by atoms with Crippen molar-refractivity contribution >= 4 is 15.9 Å². The highest BCUT2D eigenvalue weighted by atomic mass is 32.2. The van der Waals surface area contributed by atoms with Gasteiger partial charge in [-0.25, -0.2) is 17.2 Å². The Labute approximate surface area is 163 Å². The highest BCUT2D eigenvalue weighted by Crippen LogP contribution is 2.30. The third-order valence-corrected chi connectivity index (χ3v) is 6.39. The van der Waals surface area contributed by atoms with Gasteiger partial charge in [0.2, 0.25) is 10.0 Å². The molecule has 0 aromatic heterocycles. The molecular formula is C18H15F5N2O3S. The largest absolute Gasteiger partial charge is 0.416 e. The van der Waals surface area contributed by atoms with Crippen LogP contribution in [0, 0.1) is 11.6 Å². The van der Waals surface area contributed by atoms with Crippen LogP contribution >= 0.6 is 0 Å². The number of alkyl halides is 3. The van der Waals surface area contributed by atoms with Gasteiger partial charge in [-0.1, -0.05) is 6.07 Å². The minimum atomic E-state index is -4.59. The lowest BCUT2D eigenvalue weighted by molar-refractivity contribution is -0.137. The summed E-state index contributed by atoms with van der Waals surface area (Å²) >= 11 is 0. The number of amides is 1. The van der Waals surface area contributed by atoms with Crippen molar-refractivity contribution in [3.05, 3.63) is 65.2 Å². The molecule has 11 heteroatoms. The van der Waals surface area contributed by atoms with Crippen molar-refractivity contribution in [2.75, 3.05) is 26.2 Å². The molecule has 0 aliphatic carbocycles. The lowest BCUT2D eigenvalue weighted by Crippen LogP contribution is -2.50. The number of hydrogen-bond acceptors (Lipinski definition) is 3. The Bertz CT molecular complexity index is 1030. The maximum atomic E-state index is 13.4. The Kier molecular flexibility index (Phi) is 5.63. The van der Waals surface area contributed by atoms with Gasteiger partial charge in [0.25, 0.3) is 5.91 Å². The number of rotatable bonds is 3. The fourth-order valence-corrected chi connectivity index (χ4v) is 4.36. The Morgan fingerprint density at radius 1 is 0.897 bits per heavy atom. The smallest absolute Gasteiger partial charge is 0.336 e. The average molecular weight is 434 g/mol. The zero-order chi connectivity index (χ0) is 21.4. The summed E-state index contributed by atoms with van der Waals surface area (Å²) in [6, 6.07) is 6.19. The number of nitrogens with zero attached hydrogens (tertiary/aromatic N) is 2. The summed E-state index contributed by atoms with van der Waals surface area (Å²) < 4.78 is 91.0. The van der Waals surface area contributed by atoms with E-state index in [-0.39, 0.29) is 31.7 Å². The molecular weight excluding hydrogens is 419 g/mol. The predicted molar refractivity (Wildman–Crippen MR) is 92.5 cm³/mol. The van der Waals surface area contributed by atoms with Crippen LogP contribution in [0.15, 0.2) is 47.4 Å². The maximum absolute atomic E-state index is 13.4. The van der Waals surface area contributed by atoms with Crippen LogP contribution < -0.4 is 0 Å². The first kappa shape index (κ1) is 21.2. The van der Waals surface area contributed by atoms with Crippen LogP contribution in [0.4, 0.5) is 22.0 Å². The van der Waals surface area contributed by atoms with Crippen molar-refractivity contribution in [3.8, 4) is 0 Å². The van der Waals surface area contributed by atoms with Crippen molar-refractivity contribution in [2.24, 2.45) is 0 Å². The van der Waals surface area contributed by atoms with Gasteiger partial charge < -0.3 is 4.90 Å². The van der Waals surface area contributed by atoms with E-state index in [9.17, 15) is 35.2 Å². The Hall–Kier alpha value is -2.53. The number of carbonyl (C=O) groups excluding carboxylic acids is 1. The van der Waals surface area contributed by atoms with Gasteiger partial charge >= 0.3 is 6.18 Å². The lowest BCUT2D eigenvalue weighted by Gasteiger charge is -2.34. The van der Waals surface area contributed by atoms with E-state index >= 15 is 0 Å². The monoisotopic (exact) mass is 434 g/mol. The van der Waals surface area contributed by atoms with E-state index in [4.69, 9.17) is 0 Å². The minimum Gasteiger partial charge on any atom is -0.336 e. The minimum absolute atomic E-state index is 0.0576. The van der Waals surface area contributed by atoms with E-state index in [0.717, 1.165) is 28.6 Å². The second kappa shape index (κ2) is 7.71. The van der Waals surface area contributed by atoms with Gasteiger partial charge in [0.05, 0.1) is 10.5 Å². The molecule has 0 atom stereocenters. The molecule has 1 saturated heterocycles. The molecule has 29 heavy (non-hydrogen) atoms. The van der Waals surface area contributed by atoms with E-state index < -0.39 is 44.2 Å². The molecule has 0 spiro atoms. The SMILES string of the molecule is O=C(c1cccc(C(F)(F)F)c1)N1CCN(S(=O)(=O)c2ccc(F)c(F)c2)CC1. The molecule has 0 radical (unpaired) electrons. The first-order valence-electron chi connectivity index (χ1n) is 8.42. The van der Waals surface area contributed by atoms with Crippen LogP contribution in [-0.2, 0) is 16.2 Å². The van der Waals surface area contributed by atoms with E-state index in [1.54, 1.807) is 0 Å². The van der Waals surface area contributed by atoms with Gasteiger partial charge in [0, 0.05) is 31.7 Å². The zero-order valence-corrected chi connectivity index (χ0v) is 15.6. The average Bonchev–Trinajstić information content (AvgIpc) is 2.69. The number of halogens is 5. The van der Waals surface area contributed by atoms with Gasteiger partial charge in [-0.05, 0) is 36.4 Å². The fraction of sp³-hybridized carbons (Fsp3) is 0.278. The first-order valence-corrected chi connectivity index (χ1v) is 9.86. The molecule has 5 nitrogen and oxygen atoms in total. The molecule has 0 saturated carbocycles. The van der Waals surface area contributed by atoms with Crippen LogP contribution in [-0.4, -0.2) is 49.7 Å². The van der Waals surface area contributed by atoms with Crippen molar-refractivity contribution in [2.45, 2.75) is 11.1 Å². The molecule has 0 bridgehead atoms. The molecule has 0 unspecified atom stereocenters. The second-order valence-electron chi connectivity index (χ2n) is 6.35. The summed E-state index contributed by atoms with van der Waals surface area (Å²) in [6.45, 7) is -0.381. The van der Waals surface area contributed by atoms with Crippen LogP contribution in [0.5, 0.6) is 0 Å². The summed E-state index contributed by atoms with van der Waals surface area (Å²) in [7, 11) is -4.10. The molecule has 1 fully saturated rings. The summed E-state index contributed by atoms with van der Waals surface area (Å²) in [5, 5.41) is 0. The van der Waals surface area contributed by atoms with Crippen LogP contribution in [0.1, 0.15) is 15.9 Å². The Morgan fingerprint density at radius 3 is 2.14 bits per heavy atom. The molecule has 1 heterocycles. The zero-order valence-electron chi connectivity index (χ0n) is 14.8. The predicted octanol–water partition coefficient (Wildman–Crippen LogP) is 3.13. The quantitative estimate of drug-likeness (QED) is 0.698.